The maximum Gasteiger partial charge on any atom is 0.416 e. The molecule has 0 spiro atoms. The van der Waals surface area contributed by atoms with E-state index < -0.39 is 6.09 Å². The van der Waals surface area contributed by atoms with E-state index in [0.29, 0.717) is 18.4 Å². The van der Waals surface area contributed by atoms with Gasteiger partial charge in [-0.1, -0.05) is 44.2 Å². The van der Waals surface area contributed by atoms with Crippen LogP contribution in [0.1, 0.15) is 32.3 Å². The Morgan fingerprint density at radius 3 is 2.58 bits per heavy atom. The van der Waals surface area contributed by atoms with E-state index in [1.807, 2.05) is 19.9 Å². The minimum atomic E-state index is -0.454. The summed E-state index contributed by atoms with van der Waals surface area (Å²) < 4.78 is 5.21. The molecule has 1 saturated carbocycles. The second-order valence-corrected chi connectivity index (χ2v) is 8.38. The third-order valence-corrected chi connectivity index (χ3v) is 6.15. The van der Waals surface area contributed by atoms with E-state index in [2.05, 4.69) is 29.2 Å². The lowest BCUT2D eigenvalue weighted by Gasteiger charge is -2.27. The number of cyclic esters (lactones) is 1. The molecule has 0 radical (unpaired) electrons. The summed E-state index contributed by atoms with van der Waals surface area (Å²) in [5.41, 5.74) is 1.27. The summed E-state index contributed by atoms with van der Waals surface area (Å²) in [4.78, 5) is 29.3. The highest BCUT2D eigenvalue weighted by Gasteiger charge is 2.50. The number of carbonyl (C=O) groups excluding carboxylic acids is 2. The average molecular weight is 356 g/mol. The summed E-state index contributed by atoms with van der Waals surface area (Å²) in [5, 5.41) is 0. The molecule has 140 valence electrons. The number of nitrogens with zero attached hydrogens (tertiary/aromatic N) is 2. The Hall–Kier alpha value is -1.88. The highest BCUT2D eigenvalue weighted by molar-refractivity contribution is 5.95. The predicted octanol–water partition coefficient (Wildman–Crippen LogP) is 3.15. The average Bonchev–Trinajstić information content (AvgIpc) is 3.27. The third-order valence-electron chi connectivity index (χ3n) is 6.15. The molecule has 3 unspecified atom stereocenters. The Kier molecular flexibility index (Phi) is 4.74. The number of rotatable bonds is 5. The van der Waals surface area contributed by atoms with Gasteiger partial charge in [-0.05, 0) is 36.2 Å². The van der Waals surface area contributed by atoms with Gasteiger partial charge in [0.05, 0.1) is 12.0 Å². The largest absolute Gasteiger partial charge is 0.447 e. The fourth-order valence-electron chi connectivity index (χ4n) is 4.51. The fraction of sp³-hybridized carbons (Fsp3) is 0.619. The highest BCUT2D eigenvalue weighted by atomic mass is 16.6. The molecule has 5 heteroatoms. The quantitative estimate of drug-likeness (QED) is 0.813. The Bertz CT molecular complexity index is 671. The number of imide groups is 1. The van der Waals surface area contributed by atoms with Crippen LogP contribution in [0.4, 0.5) is 4.79 Å². The predicted molar refractivity (Wildman–Crippen MR) is 98.2 cm³/mol. The van der Waals surface area contributed by atoms with Crippen LogP contribution in [0.3, 0.4) is 0 Å². The van der Waals surface area contributed by atoms with Gasteiger partial charge in [0, 0.05) is 19.6 Å². The topological polar surface area (TPSA) is 49.9 Å². The summed E-state index contributed by atoms with van der Waals surface area (Å²) >= 11 is 0. The van der Waals surface area contributed by atoms with E-state index in [1.54, 1.807) is 0 Å². The summed E-state index contributed by atoms with van der Waals surface area (Å²) in [7, 11) is 0. The number of hydrogen-bond donors (Lipinski definition) is 0. The molecular formula is C21H28N2O3. The number of likely N-dealkylation sites (tertiary alicyclic amines) is 1. The smallest absolute Gasteiger partial charge is 0.416 e. The van der Waals surface area contributed by atoms with Crippen LogP contribution in [-0.4, -0.2) is 47.5 Å². The number of amides is 2. The molecule has 0 N–H and O–H groups in total. The van der Waals surface area contributed by atoms with Gasteiger partial charge in [-0.2, -0.15) is 0 Å². The number of ether oxygens (including phenoxy) is 1. The monoisotopic (exact) mass is 356 g/mol. The van der Waals surface area contributed by atoms with Gasteiger partial charge in [-0.15, -0.1) is 0 Å². The molecule has 0 bridgehead atoms. The molecule has 2 saturated heterocycles. The van der Waals surface area contributed by atoms with Crippen LogP contribution in [0.5, 0.6) is 0 Å². The first-order valence-corrected chi connectivity index (χ1v) is 9.80. The van der Waals surface area contributed by atoms with Crippen LogP contribution in [0.25, 0.3) is 0 Å². The van der Waals surface area contributed by atoms with Crippen LogP contribution >= 0.6 is 0 Å². The van der Waals surface area contributed by atoms with Crippen molar-refractivity contribution in [3.8, 4) is 0 Å². The zero-order chi connectivity index (χ0) is 18.3. The first-order chi connectivity index (χ1) is 12.5. The normalized spacial score (nSPS) is 29.4. The second-order valence-electron chi connectivity index (χ2n) is 8.38. The maximum atomic E-state index is 13.3. The van der Waals surface area contributed by atoms with Crippen molar-refractivity contribution in [1.29, 1.82) is 0 Å². The van der Waals surface area contributed by atoms with Crippen LogP contribution < -0.4 is 0 Å². The zero-order valence-electron chi connectivity index (χ0n) is 15.6. The number of hydrogen-bond acceptors (Lipinski definition) is 4. The standard InChI is InChI=1S/C21H28N2O3/c1-14(2)19-13-26-21(25)23(19)20(24)18-12-22(11-17(18)16-8-9-16)10-15-6-4-3-5-7-15/h3-7,14,16-19H,8-13H2,1-2H3. The molecule has 0 aromatic heterocycles. The van der Waals surface area contributed by atoms with Gasteiger partial charge < -0.3 is 4.74 Å². The highest BCUT2D eigenvalue weighted by Crippen LogP contribution is 2.45. The van der Waals surface area contributed by atoms with Gasteiger partial charge in [-0.25, -0.2) is 9.69 Å². The molecule has 3 aliphatic rings. The SMILES string of the molecule is CC(C)C1COC(=O)N1C(=O)C1CN(Cc2ccccc2)CC1C1CC1. The van der Waals surface area contributed by atoms with Crippen LogP contribution in [0, 0.1) is 23.7 Å². The van der Waals surface area contributed by atoms with E-state index in [4.69, 9.17) is 4.74 Å². The van der Waals surface area contributed by atoms with Crippen molar-refractivity contribution in [2.45, 2.75) is 39.3 Å². The Morgan fingerprint density at radius 1 is 1.19 bits per heavy atom. The zero-order valence-corrected chi connectivity index (χ0v) is 15.6. The molecule has 4 rings (SSSR count). The van der Waals surface area contributed by atoms with Crippen molar-refractivity contribution < 1.29 is 14.3 Å². The van der Waals surface area contributed by atoms with Gasteiger partial charge in [0.2, 0.25) is 5.91 Å². The van der Waals surface area contributed by atoms with Gasteiger partial charge in [0.15, 0.2) is 0 Å². The van der Waals surface area contributed by atoms with Crippen molar-refractivity contribution in [2.75, 3.05) is 19.7 Å². The molecule has 1 aromatic rings. The lowest BCUT2D eigenvalue weighted by molar-refractivity contribution is -0.135. The van der Waals surface area contributed by atoms with Crippen molar-refractivity contribution in [2.24, 2.45) is 23.7 Å². The maximum absolute atomic E-state index is 13.3. The number of carbonyl (C=O) groups is 2. The van der Waals surface area contributed by atoms with E-state index in [0.717, 1.165) is 19.6 Å². The minimum absolute atomic E-state index is 0.0151. The molecular weight excluding hydrogens is 328 g/mol. The van der Waals surface area contributed by atoms with Gasteiger partial charge in [0.1, 0.15) is 6.61 Å². The van der Waals surface area contributed by atoms with Crippen molar-refractivity contribution in [3.63, 3.8) is 0 Å². The molecule has 3 atom stereocenters. The van der Waals surface area contributed by atoms with Crippen LogP contribution in [0.2, 0.25) is 0 Å². The first kappa shape index (κ1) is 17.5. The lowest BCUT2D eigenvalue weighted by atomic mass is 9.89. The lowest BCUT2D eigenvalue weighted by Crippen LogP contribution is -2.46. The summed E-state index contributed by atoms with van der Waals surface area (Å²) in [6.07, 6.45) is 1.97. The molecule has 1 aliphatic carbocycles. The summed E-state index contributed by atoms with van der Waals surface area (Å²) in [5.74, 6) is 1.12. The fourth-order valence-corrected chi connectivity index (χ4v) is 4.51. The molecule has 5 nitrogen and oxygen atoms in total. The van der Waals surface area contributed by atoms with Crippen molar-refractivity contribution in [3.05, 3.63) is 35.9 Å². The third kappa shape index (κ3) is 3.37. The Labute approximate surface area is 155 Å². The first-order valence-electron chi connectivity index (χ1n) is 9.80. The molecule has 3 fully saturated rings. The van der Waals surface area contributed by atoms with E-state index in [9.17, 15) is 9.59 Å². The summed E-state index contributed by atoms with van der Waals surface area (Å²) in [6.45, 7) is 6.97. The Morgan fingerprint density at radius 2 is 1.92 bits per heavy atom. The van der Waals surface area contributed by atoms with Crippen LogP contribution in [-0.2, 0) is 16.1 Å². The van der Waals surface area contributed by atoms with E-state index in [-0.39, 0.29) is 23.8 Å². The van der Waals surface area contributed by atoms with Gasteiger partial charge in [0.25, 0.3) is 0 Å². The van der Waals surface area contributed by atoms with E-state index in [1.165, 1.54) is 23.3 Å². The van der Waals surface area contributed by atoms with E-state index >= 15 is 0 Å². The molecule has 26 heavy (non-hydrogen) atoms. The molecule has 1 aromatic carbocycles. The van der Waals surface area contributed by atoms with Crippen molar-refractivity contribution >= 4 is 12.0 Å². The molecule has 2 aliphatic heterocycles. The Balaban J connectivity index is 1.50. The van der Waals surface area contributed by atoms with Gasteiger partial charge in [-0.3, -0.25) is 9.69 Å². The minimum Gasteiger partial charge on any atom is -0.447 e. The summed E-state index contributed by atoms with van der Waals surface area (Å²) in [6, 6.07) is 10.3. The molecule has 2 amide bonds. The second kappa shape index (κ2) is 7.03. The number of benzene rings is 1. The van der Waals surface area contributed by atoms with Gasteiger partial charge >= 0.3 is 6.09 Å². The van der Waals surface area contributed by atoms with Crippen LogP contribution in [0.15, 0.2) is 30.3 Å². The van der Waals surface area contributed by atoms with Crippen molar-refractivity contribution in [1.82, 2.24) is 9.80 Å². The molecule has 2 heterocycles.